The number of fused-ring (bicyclic) bond motifs is 1. The first-order chi connectivity index (χ1) is 13.9. The average Bonchev–Trinajstić information content (AvgIpc) is 3.37. The van der Waals surface area contributed by atoms with Crippen molar-refractivity contribution in [1.29, 1.82) is 0 Å². The van der Waals surface area contributed by atoms with E-state index in [1.807, 2.05) is 31.2 Å². The number of benzene rings is 2. The van der Waals surface area contributed by atoms with Crippen LogP contribution in [0.3, 0.4) is 0 Å². The van der Waals surface area contributed by atoms with E-state index in [9.17, 15) is 13.2 Å². The lowest BCUT2D eigenvalue weighted by atomic mass is 10.2. The molecule has 7 heteroatoms. The van der Waals surface area contributed by atoms with Crippen LogP contribution in [-0.4, -0.2) is 31.7 Å². The van der Waals surface area contributed by atoms with Crippen LogP contribution in [0.25, 0.3) is 0 Å². The second-order valence-corrected chi connectivity index (χ2v) is 9.03. The fourth-order valence-electron chi connectivity index (χ4n) is 3.50. The topological polar surface area (TPSA) is 70.8 Å². The molecule has 0 aliphatic carbocycles. The zero-order chi connectivity index (χ0) is 20.4. The van der Waals surface area contributed by atoms with Gasteiger partial charge in [0.05, 0.1) is 24.2 Å². The standard InChI is InChI=1S/C22H22N2O4S/c1-17-8-10-20(11-9-17)29(26,27)23(15-19-6-4-14-28-19)16-22(25)24-13-12-18-5-2-3-7-21(18)24/h2-11,14H,12-13,15-16H2,1H3. The second-order valence-electron chi connectivity index (χ2n) is 7.09. The van der Waals surface area contributed by atoms with Gasteiger partial charge in [-0.3, -0.25) is 4.79 Å². The number of anilines is 1. The Morgan fingerprint density at radius 2 is 1.83 bits per heavy atom. The molecular weight excluding hydrogens is 388 g/mol. The molecule has 0 unspecified atom stereocenters. The van der Waals surface area contributed by atoms with Gasteiger partial charge in [0.25, 0.3) is 0 Å². The molecule has 4 rings (SSSR count). The molecule has 0 saturated carbocycles. The molecule has 1 aliphatic heterocycles. The summed E-state index contributed by atoms with van der Waals surface area (Å²) in [5.74, 6) is 0.229. The number of nitrogens with zero attached hydrogens (tertiary/aromatic N) is 2. The highest BCUT2D eigenvalue weighted by Crippen LogP contribution is 2.28. The van der Waals surface area contributed by atoms with Gasteiger partial charge >= 0.3 is 0 Å². The van der Waals surface area contributed by atoms with Crippen LogP contribution in [0.2, 0.25) is 0 Å². The minimum absolute atomic E-state index is 0.00949. The molecule has 6 nitrogen and oxygen atoms in total. The quantitative estimate of drug-likeness (QED) is 0.625. The number of rotatable bonds is 6. The molecule has 2 aromatic carbocycles. The van der Waals surface area contributed by atoms with Gasteiger partial charge in [-0.15, -0.1) is 0 Å². The van der Waals surface area contributed by atoms with Crippen molar-refractivity contribution in [2.45, 2.75) is 24.8 Å². The van der Waals surface area contributed by atoms with Gasteiger partial charge in [-0.05, 0) is 49.2 Å². The molecule has 1 aliphatic rings. The van der Waals surface area contributed by atoms with Crippen LogP contribution in [0.4, 0.5) is 5.69 Å². The molecule has 0 radical (unpaired) electrons. The Labute approximate surface area is 170 Å². The number of carbonyl (C=O) groups is 1. The highest BCUT2D eigenvalue weighted by Gasteiger charge is 2.31. The van der Waals surface area contributed by atoms with Gasteiger partial charge in [0.15, 0.2) is 0 Å². The maximum atomic E-state index is 13.3. The van der Waals surface area contributed by atoms with Gasteiger partial charge < -0.3 is 9.32 Å². The molecule has 2 heterocycles. The van der Waals surface area contributed by atoms with E-state index < -0.39 is 10.0 Å². The number of aryl methyl sites for hydroxylation is 1. The summed E-state index contributed by atoms with van der Waals surface area (Å²) in [6.07, 6.45) is 2.26. The normalized spacial score (nSPS) is 13.7. The second kappa shape index (κ2) is 7.85. The Morgan fingerprint density at radius 1 is 1.07 bits per heavy atom. The molecular formula is C22H22N2O4S. The fourth-order valence-corrected chi connectivity index (χ4v) is 4.85. The third kappa shape index (κ3) is 3.97. The van der Waals surface area contributed by atoms with Crippen LogP contribution >= 0.6 is 0 Å². The predicted octanol–water partition coefficient (Wildman–Crippen LogP) is 3.37. The summed E-state index contributed by atoms with van der Waals surface area (Å²) in [5.41, 5.74) is 2.91. The highest BCUT2D eigenvalue weighted by atomic mass is 32.2. The first-order valence-electron chi connectivity index (χ1n) is 9.42. The lowest BCUT2D eigenvalue weighted by molar-refractivity contribution is -0.118. The number of hydrogen-bond acceptors (Lipinski definition) is 4. The van der Waals surface area contributed by atoms with Crippen LogP contribution in [-0.2, 0) is 27.8 Å². The molecule has 0 saturated heterocycles. The van der Waals surface area contributed by atoms with Gasteiger partial charge in [0, 0.05) is 12.2 Å². The SMILES string of the molecule is Cc1ccc(S(=O)(=O)N(CC(=O)N2CCc3ccccc32)Cc2ccco2)cc1. The van der Waals surface area contributed by atoms with E-state index in [1.54, 1.807) is 41.3 Å². The van der Waals surface area contributed by atoms with Crippen LogP contribution in [0.1, 0.15) is 16.9 Å². The van der Waals surface area contributed by atoms with Gasteiger partial charge in [-0.1, -0.05) is 35.9 Å². The van der Waals surface area contributed by atoms with Crippen molar-refractivity contribution in [2.75, 3.05) is 18.0 Å². The maximum absolute atomic E-state index is 13.3. The summed E-state index contributed by atoms with van der Waals surface area (Å²) in [5, 5.41) is 0. The molecule has 1 amide bonds. The van der Waals surface area contributed by atoms with Crippen molar-refractivity contribution in [2.24, 2.45) is 0 Å². The Kier molecular flexibility index (Phi) is 5.25. The third-order valence-corrected chi connectivity index (χ3v) is 6.88. The highest BCUT2D eigenvalue weighted by molar-refractivity contribution is 7.89. The van der Waals surface area contributed by atoms with Gasteiger partial charge in [0.1, 0.15) is 5.76 Å². The number of sulfonamides is 1. The number of para-hydroxylation sites is 1. The summed E-state index contributed by atoms with van der Waals surface area (Å²) in [6.45, 7) is 2.18. The summed E-state index contributed by atoms with van der Waals surface area (Å²) in [7, 11) is -3.87. The Bertz CT molecular complexity index is 1110. The first-order valence-corrected chi connectivity index (χ1v) is 10.9. The van der Waals surface area contributed by atoms with Gasteiger partial charge in [-0.25, -0.2) is 8.42 Å². The van der Waals surface area contributed by atoms with E-state index in [0.717, 1.165) is 23.2 Å². The van der Waals surface area contributed by atoms with Crippen molar-refractivity contribution in [3.8, 4) is 0 Å². The zero-order valence-corrected chi connectivity index (χ0v) is 16.9. The molecule has 0 spiro atoms. The summed E-state index contributed by atoms with van der Waals surface area (Å²) in [6, 6.07) is 17.7. The number of carbonyl (C=O) groups excluding carboxylic acids is 1. The van der Waals surface area contributed by atoms with Crippen LogP contribution < -0.4 is 4.90 Å². The summed E-state index contributed by atoms with van der Waals surface area (Å²) < 4.78 is 33.1. The molecule has 29 heavy (non-hydrogen) atoms. The van der Waals surface area contributed by atoms with Crippen LogP contribution in [0.5, 0.6) is 0 Å². The summed E-state index contributed by atoms with van der Waals surface area (Å²) >= 11 is 0. The molecule has 0 fully saturated rings. The fraction of sp³-hybridized carbons (Fsp3) is 0.227. The number of amides is 1. The summed E-state index contributed by atoms with van der Waals surface area (Å²) in [4.78, 5) is 14.9. The van der Waals surface area contributed by atoms with Crippen molar-refractivity contribution in [3.05, 3.63) is 83.8 Å². The first kappa shape index (κ1) is 19.4. The van der Waals surface area contributed by atoms with Crippen LogP contribution in [0.15, 0.2) is 76.2 Å². The van der Waals surface area contributed by atoms with Crippen molar-refractivity contribution in [1.82, 2.24) is 4.31 Å². The molecule has 0 atom stereocenters. The smallest absolute Gasteiger partial charge is 0.243 e. The lowest BCUT2D eigenvalue weighted by Crippen LogP contribution is -2.42. The predicted molar refractivity (Wildman–Crippen MR) is 110 cm³/mol. The zero-order valence-electron chi connectivity index (χ0n) is 16.1. The average molecular weight is 410 g/mol. The van der Waals surface area contributed by atoms with Crippen molar-refractivity contribution in [3.63, 3.8) is 0 Å². The van der Waals surface area contributed by atoms with Gasteiger partial charge in [-0.2, -0.15) is 4.31 Å². The number of furan rings is 1. The number of hydrogen-bond donors (Lipinski definition) is 0. The molecule has 0 N–H and O–H groups in total. The van der Waals surface area contributed by atoms with Crippen LogP contribution in [0, 0.1) is 6.92 Å². The van der Waals surface area contributed by atoms with E-state index >= 15 is 0 Å². The molecule has 0 bridgehead atoms. The maximum Gasteiger partial charge on any atom is 0.243 e. The van der Waals surface area contributed by atoms with Gasteiger partial charge in [0.2, 0.25) is 15.9 Å². The van der Waals surface area contributed by atoms with Crippen molar-refractivity contribution >= 4 is 21.6 Å². The van der Waals surface area contributed by atoms with E-state index in [-0.39, 0.29) is 23.9 Å². The molecule has 150 valence electrons. The molecule has 3 aromatic rings. The Hall–Kier alpha value is -2.90. The van der Waals surface area contributed by atoms with E-state index in [4.69, 9.17) is 4.42 Å². The Balaban J connectivity index is 1.62. The molecule has 1 aromatic heterocycles. The largest absolute Gasteiger partial charge is 0.468 e. The van der Waals surface area contributed by atoms with E-state index in [1.165, 1.54) is 10.6 Å². The van der Waals surface area contributed by atoms with Crippen molar-refractivity contribution < 1.29 is 17.6 Å². The third-order valence-electron chi connectivity index (χ3n) is 5.07. The van der Waals surface area contributed by atoms with E-state index in [2.05, 4.69) is 0 Å². The minimum atomic E-state index is -3.87. The Morgan fingerprint density at radius 3 is 2.55 bits per heavy atom. The monoisotopic (exact) mass is 410 g/mol. The minimum Gasteiger partial charge on any atom is -0.468 e. The lowest BCUT2D eigenvalue weighted by Gasteiger charge is -2.24. The van der Waals surface area contributed by atoms with E-state index in [0.29, 0.717) is 12.3 Å².